The summed E-state index contributed by atoms with van der Waals surface area (Å²) in [6, 6.07) is 11.8. The van der Waals surface area contributed by atoms with Gasteiger partial charge in [0, 0.05) is 23.4 Å². The molecule has 150 valence electrons. The van der Waals surface area contributed by atoms with Crippen molar-refractivity contribution in [2.45, 2.75) is 27.4 Å². The van der Waals surface area contributed by atoms with Crippen molar-refractivity contribution in [1.82, 2.24) is 0 Å². The van der Waals surface area contributed by atoms with Crippen LogP contribution >= 0.6 is 0 Å². The van der Waals surface area contributed by atoms with Crippen molar-refractivity contribution in [2.75, 3.05) is 25.6 Å². The van der Waals surface area contributed by atoms with Crippen molar-refractivity contribution in [1.29, 1.82) is 0 Å². The van der Waals surface area contributed by atoms with Gasteiger partial charge < -0.3 is 19.5 Å². The van der Waals surface area contributed by atoms with Gasteiger partial charge in [-0.05, 0) is 55.3 Å². The summed E-state index contributed by atoms with van der Waals surface area (Å²) in [5, 5.41) is 2.82. The summed E-state index contributed by atoms with van der Waals surface area (Å²) in [7, 11) is 1.33. The molecular formula is C22H27NO5. The van der Waals surface area contributed by atoms with Gasteiger partial charge in [0.15, 0.2) is 0 Å². The number of ether oxygens (including phenoxy) is 3. The van der Waals surface area contributed by atoms with Crippen LogP contribution < -0.4 is 10.1 Å². The molecule has 28 heavy (non-hydrogen) atoms. The normalized spacial score (nSPS) is 10.6. The Hall–Kier alpha value is -2.86. The minimum Gasteiger partial charge on any atom is -0.494 e. The molecule has 0 radical (unpaired) electrons. The minimum absolute atomic E-state index is 0.251. The summed E-state index contributed by atoms with van der Waals surface area (Å²) >= 11 is 0. The lowest BCUT2D eigenvalue weighted by atomic mass is 10.1. The zero-order valence-corrected chi connectivity index (χ0v) is 16.8. The van der Waals surface area contributed by atoms with Gasteiger partial charge in [0.25, 0.3) is 5.91 Å². The smallest absolute Gasteiger partial charge is 0.337 e. The van der Waals surface area contributed by atoms with Crippen LogP contribution in [0.15, 0.2) is 42.5 Å². The molecule has 0 aliphatic carbocycles. The molecule has 6 heteroatoms. The summed E-state index contributed by atoms with van der Waals surface area (Å²) in [6.07, 6.45) is 0. The van der Waals surface area contributed by atoms with Gasteiger partial charge in [-0.2, -0.15) is 0 Å². The number of nitrogens with one attached hydrogen (secondary N) is 1. The average Bonchev–Trinajstić information content (AvgIpc) is 2.69. The molecule has 0 saturated heterocycles. The first-order valence-electron chi connectivity index (χ1n) is 9.27. The molecule has 0 fully saturated rings. The predicted molar refractivity (Wildman–Crippen MR) is 108 cm³/mol. The van der Waals surface area contributed by atoms with Crippen LogP contribution in [-0.4, -0.2) is 32.2 Å². The van der Waals surface area contributed by atoms with E-state index in [9.17, 15) is 9.59 Å². The van der Waals surface area contributed by atoms with Crippen LogP contribution in [0.1, 0.15) is 47.1 Å². The number of amides is 1. The highest BCUT2D eigenvalue weighted by Gasteiger charge is 2.12. The summed E-state index contributed by atoms with van der Waals surface area (Å²) in [4.78, 5) is 24.1. The van der Waals surface area contributed by atoms with E-state index in [0.717, 1.165) is 5.56 Å². The molecule has 0 saturated carbocycles. The second-order valence-corrected chi connectivity index (χ2v) is 6.69. The van der Waals surface area contributed by atoms with Crippen LogP contribution in [0.5, 0.6) is 5.75 Å². The minimum atomic E-state index is -0.421. The van der Waals surface area contributed by atoms with Gasteiger partial charge in [0.2, 0.25) is 0 Å². The first kappa shape index (κ1) is 21.4. The summed E-state index contributed by atoms with van der Waals surface area (Å²) < 4.78 is 16.0. The fourth-order valence-corrected chi connectivity index (χ4v) is 2.55. The van der Waals surface area contributed by atoms with Crippen LogP contribution in [-0.2, 0) is 16.1 Å². The van der Waals surface area contributed by atoms with E-state index >= 15 is 0 Å². The Morgan fingerprint density at radius 1 is 1.04 bits per heavy atom. The van der Waals surface area contributed by atoms with Crippen molar-refractivity contribution < 1.29 is 23.8 Å². The van der Waals surface area contributed by atoms with Crippen LogP contribution in [0.3, 0.4) is 0 Å². The molecule has 0 atom stereocenters. The molecule has 2 rings (SSSR count). The summed E-state index contributed by atoms with van der Waals surface area (Å²) in [5.41, 5.74) is 2.34. The number of hydrogen-bond donors (Lipinski definition) is 1. The Morgan fingerprint density at radius 3 is 2.32 bits per heavy atom. The average molecular weight is 385 g/mol. The number of anilines is 1. The van der Waals surface area contributed by atoms with E-state index in [2.05, 4.69) is 23.9 Å². The molecule has 1 N–H and O–H groups in total. The zero-order valence-electron chi connectivity index (χ0n) is 16.8. The van der Waals surface area contributed by atoms with Gasteiger partial charge in [-0.25, -0.2) is 4.79 Å². The zero-order chi connectivity index (χ0) is 20.5. The Morgan fingerprint density at radius 2 is 1.71 bits per heavy atom. The summed E-state index contributed by atoms with van der Waals surface area (Å²) in [5.74, 6) is 0.467. The van der Waals surface area contributed by atoms with Gasteiger partial charge in [-0.15, -0.1) is 0 Å². The Bertz CT molecular complexity index is 799. The Kier molecular flexibility index (Phi) is 8.02. The molecular weight excluding hydrogens is 358 g/mol. The highest BCUT2D eigenvalue weighted by atomic mass is 16.5. The maximum atomic E-state index is 12.6. The second-order valence-electron chi connectivity index (χ2n) is 6.69. The molecule has 0 unspecified atom stereocenters. The van der Waals surface area contributed by atoms with E-state index in [0.29, 0.717) is 48.3 Å². The van der Waals surface area contributed by atoms with Crippen LogP contribution in [0, 0.1) is 5.92 Å². The standard InChI is InChI=1S/C22H27NO5/c1-5-28-20-11-8-17(12-18(20)14-27-13-15(2)3)21(24)23-19-9-6-16(7-10-19)22(25)26-4/h6-12,15H,5,13-14H2,1-4H3,(H,23,24). The van der Waals surface area contributed by atoms with Gasteiger partial charge in [0.05, 0.1) is 25.9 Å². The van der Waals surface area contributed by atoms with Crippen molar-refractivity contribution in [3.8, 4) is 5.75 Å². The topological polar surface area (TPSA) is 73.9 Å². The fraction of sp³-hybridized carbons (Fsp3) is 0.364. The van der Waals surface area contributed by atoms with Gasteiger partial charge >= 0.3 is 5.97 Å². The Balaban J connectivity index is 2.12. The lowest BCUT2D eigenvalue weighted by Gasteiger charge is -2.14. The Labute approximate surface area is 165 Å². The van der Waals surface area contributed by atoms with Gasteiger partial charge in [-0.1, -0.05) is 13.8 Å². The third-order valence-corrected chi connectivity index (χ3v) is 3.90. The molecule has 6 nitrogen and oxygen atoms in total. The summed E-state index contributed by atoms with van der Waals surface area (Å²) in [6.45, 7) is 7.63. The highest BCUT2D eigenvalue weighted by molar-refractivity contribution is 6.04. The SMILES string of the molecule is CCOc1ccc(C(=O)Nc2ccc(C(=O)OC)cc2)cc1COCC(C)C. The lowest BCUT2D eigenvalue weighted by molar-refractivity contribution is 0.0600. The molecule has 2 aromatic carbocycles. The molecule has 0 aliphatic heterocycles. The van der Waals surface area contributed by atoms with Crippen molar-refractivity contribution in [3.63, 3.8) is 0 Å². The van der Waals surface area contributed by atoms with Crippen LogP contribution in [0.25, 0.3) is 0 Å². The third kappa shape index (κ3) is 6.09. The maximum absolute atomic E-state index is 12.6. The van der Waals surface area contributed by atoms with E-state index in [1.54, 1.807) is 42.5 Å². The first-order valence-corrected chi connectivity index (χ1v) is 9.27. The van der Waals surface area contributed by atoms with Crippen LogP contribution in [0.4, 0.5) is 5.69 Å². The number of hydrogen-bond acceptors (Lipinski definition) is 5. The fourth-order valence-electron chi connectivity index (χ4n) is 2.55. The molecule has 2 aromatic rings. The number of esters is 1. The lowest BCUT2D eigenvalue weighted by Crippen LogP contribution is -2.13. The largest absolute Gasteiger partial charge is 0.494 e. The molecule has 1 amide bonds. The van der Waals surface area contributed by atoms with Crippen molar-refractivity contribution in [2.24, 2.45) is 5.92 Å². The molecule has 0 heterocycles. The molecule has 0 spiro atoms. The van der Waals surface area contributed by atoms with E-state index in [1.807, 2.05) is 6.92 Å². The van der Waals surface area contributed by atoms with Crippen LogP contribution in [0.2, 0.25) is 0 Å². The molecule has 0 bridgehead atoms. The quantitative estimate of drug-likeness (QED) is 0.652. The predicted octanol–water partition coefficient (Wildman–Crippen LogP) is 4.30. The molecule has 0 aliphatic rings. The number of methoxy groups -OCH3 is 1. The van der Waals surface area contributed by atoms with Gasteiger partial charge in [-0.3, -0.25) is 4.79 Å². The van der Waals surface area contributed by atoms with Crippen molar-refractivity contribution >= 4 is 17.6 Å². The van der Waals surface area contributed by atoms with Gasteiger partial charge in [0.1, 0.15) is 5.75 Å². The number of benzene rings is 2. The maximum Gasteiger partial charge on any atom is 0.337 e. The monoisotopic (exact) mass is 385 g/mol. The highest BCUT2D eigenvalue weighted by Crippen LogP contribution is 2.22. The number of carbonyl (C=O) groups is 2. The first-order chi connectivity index (χ1) is 13.4. The number of carbonyl (C=O) groups excluding carboxylic acids is 2. The van der Waals surface area contributed by atoms with E-state index in [1.165, 1.54) is 7.11 Å². The second kappa shape index (κ2) is 10.5. The van der Waals surface area contributed by atoms with E-state index in [4.69, 9.17) is 9.47 Å². The molecule has 0 aromatic heterocycles. The van der Waals surface area contributed by atoms with E-state index in [-0.39, 0.29) is 5.91 Å². The van der Waals surface area contributed by atoms with Crippen molar-refractivity contribution in [3.05, 3.63) is 59.2 Å². The van der Waals surface area contributed by atoms with E-state index < -0.39 is 5.97 Å². The number of rotatable bonds is 9. The third-order valence-electron chi connectivity index (χ3n) is 3.90.